The first-order valence-corrected chi connectivity index (χ1v) is 9.17. The molecule has 3 aromatic heterocycles. The van der Waals surface area contributed by atoms with Crippen molar-refractivity contribution in [2.75, 3.05) is 36.9 Å². The van der Waals surface area contributed by atoms with Crippen LogP contribution < -0.4 is 10.6 Å². The summed E-state index contributed by atoms with van der Waals surface area (Å²) in [6.45, 7) is 4.07. The minimum Gasteiger partial charge on any atom is -0.384 e. The lowest BCUT2D eigenvalue weighted by Gasteiger charge is -2.29. The maximum atomic E-state index is 6.17. The zero-order valence-corrected chi connectivity index (χ0v) is 14.9. The van der Waals surface area contributed by atoms with Crippen LogP contribution in [-0.4, -0.2) is 50.6 Å². The fourth-order valence-electron chi connectivity index (χ4n) is 3.63. The van der Waals surface area contributed by atoms with E-state index in [-0.39, 0.29) is 0 Å². The highest BCUT2D eigenvalue weighted by Gasteiger charge is 2.27. The summed E-state index contributed by atoms with van der Waals surface area (Å²) in [6, 6.07) is 1.94. The third-order valence-corrected chi connectivity index (χ3v) is 5.16. The van der Waals surface area contributed by atoms with Crippen molar-refractivity contribution < 1.29 is 4.74 Å². The molecule has 8 heteroatoms. The van der Waals surface area contributed by atoms with E-state index in [2.05, 4.69) is 19.5 Å². The van der Waals surface area contributed by atoms with Crippen molar-refractivity contribution in [1.82, 2.24) is 24.3 Å². The smallest absolute Gasteiger partial charge is 0.164 e. The lowest BCUT2D eigenvalue weighted by atomic mass is 10.2. The van der Waals surface area contributed by atoms with Gasteiger partial charge in [0.1, 0.15) is 17.2 Å². The van der Waals surface area contributed by atoms with Gasteiger partial charge >= 0.3 is 0 Å². The average molecular weight is 353 g/mol. The third kappa shape index (κ3) is 2.70. The Morgan fingerprint density at radius 1 is 1.23 bits per heavy atom. The summed E-state index contributed by atoms with van der Waals surface area (Å²) < 4.78 is 9.53. The largest absolute Gasteiger partial charge is 0.384 e. The number of fused-ring (bicyclic) bond motifs is 1. The van der Waals surface area contributed by atoms with Crippen LogP contribution in [0.4, 0.5) is 11.5 Å². The number of ether oxygens (including phenoxy) is 1. The van der Waals surface area contributed by atoms with Gasteiger partial charge in [-0.1, -0.05) is 0 Å². The molecule has 2 N–H and O–H groups in total. The van der Waals surface area contributed by atoms with E-state index >= 15 is 0 Å². The van der Waals surface area contributed by atoms with E-state index in [1.165, 1.54) is 12.8 Å². The molecule has 4 heterocycles. The number of anilines is 2. The molecule has 2 fully saturated rings. The molecule has 5 rings (SSSR count). The third-order valence-electron chi connectivity index (χ3n) is 5.16. The van der Waals surface area contributed by atoms with Gasteiger partial charge in [0.15, 0.2) is 5.65 Å². The topological polar surface area (TPSA) is 87.0 Å². The maximum absolute atomic E-state index is 6.17. The van der Waals surface area contributed by atoms with Crippen molar-refractivity contribution in [3.05, 3.63) is 18.5 Å². The van der Waals surface area contributed by atoms with Gasteiger partial charge in [-0.05, 0) is 18.8 Å². The second-order valence-corrected chi connectivity index (χ2v) is 7.23. The lowest BCUT2D eigenvalue weighted by molar-refractivity contribution is 0.123. The van der Waals surface area contributed by atoms with Crippen molar-refractivity contribution in [2.24, 2.45) is 13.0 Å². The van der Waals surface area contributed by atoms with E-state index < -0.39 is 0 Å². The fraction of sp³-hybridized carbons (Fsp3) is 0.500. The fourth-order valence-corrected chi connectivity index (χ4v) is 3.63. The first-order chi connectivity index (χ1) is 12.7. The first kappa shape index (κ1) is 15.6. The standard InChI is InChI=1S/C18H23N7O/c1-23-11-13(9-20-23)17-22-16-14(24-4-6-26-7-5-24)8-15(19)21-18(16)25(17)10-12-2-3-12/h8-9,11-12H,2-7,10H2,1H3,(H2,19,21). The van der Waals surface area contributed by atoms with Crippen LogP contribution in [0.15, 0.2) is 18.5 Å². The molecule has 0 aromatic carbocycles. The minimum absolute atomic E-state index is 0.536. The number of morpholine rings is 1. The van der Waals surface area contributed by atoms with Crippen molar-refractivity contribution in [3.63, 3.8) is 0 Å². The molecule has 2 aliphatic rings. The molecule has 0 bridgehead atoms. The summed E-state index contributed by atoms with van der Waals surface area (Å²) in [5, 5.41) is 4.32. The first-order valence-electron chi connectivity index (χ1n) is 9.17. The number of rotatable bonds is 4. The van der Waals surface area contributed by atoms with Crippen LogP contribution in [0.3, 0.4) is 0 Å². The number of nitrogens with two attached hydrogens (primary N) is 1. The highest BCUT2D eigenvalue weighted by molar-refractivity contribution is 5.91. The lowest BCUT2D eigenvalue weighted by Crippen LogP contribution is -2.36. The van der Waals surface area contributed by atoms with E-state index in [1.807, 2.05) is 25.5 Å². The van der Waals surface area contributed by atoms with Crippen molar-refractivity contribution in [3.8, 4) is 11.4 Å². The Hall–Kier alpha value is -2.61. The molecule has 1 saturated carbocycles. The molecule has 0 spiro atoms. The van der Waals surface area contributed by atoms with Crippen LogP contribution in [0.2, 0.25) is 0 Å². The summed E-state index contributed by atoms with van der Waals surface area (Å²) in [5.74, 6) is 2.17. The van der Waals surface area contributed by atoms with Gasteiger partial charge in [0, 0.05) is 38.9 Å². The van der Waals surface area contributed by atoms with Gasteiger partial charge in [-0.15, -0.1) is 0 Å². The molecular weight excluding hydrogens is 330 g/mol. The Kier molecular flexibility index (Phi) is 3.59. The number of nitrogens with zero attached hydrogens (tertiary/aromatic N) is 6. The average Bonchev–Trinajstić information content (AvgIpc) is 3.26. The van der Waals surface area contributed by atoms with Crippen LogP contribution in [0.1, 0.15) is 12.8 Å². The van der Waals surface area contributed by atoms with E-state index in [0.29, 0.717) is 11.7 Å². The maximum Gasteiger partial charge on any atom is 0.164 e. The quantitative estimate of drug-likeness (QED) is 0.768. The summed E-state index contributed by atoms with van der Waals surface area (Å²) in [5.41, 5.74) is 10.0. The van der Waals surface area contributed by atoms with Crippen LogP contribution in [0.5, 0.6) is 0 Å². The number of aromatic nitrogens is 5. The monoisotopic (exact) mass is 353 g/mol. The molecule has 0 unspecified atom stereocenters. The van der Waals surface area contributed by atoms with Crippen molar-refractivity contribution >= 4 is 22.7 Å². The van der Waals surface area contributed by atoms with Crippen LogP contribution in [0.25, 0.3) is 22.6 Å². The normalized spacial score (nSPS) is 18.0. The van der Waals surface area contributed by atoms with Gasteiger partial charge in [0.2, 0.25) is 0 Å². The molecule has 0 atom stereocenters. The second kappa shape index (κ2) is 5.98. The molecule has 26 heavy (non-hydrogen) atoms. The zero-order valence-electron chi connectivity index (χ0n) is 14.9. The van der Waals surface area contributed by atoms with Crippen LogP contribution in [-0.2, 0) is 18.3 Å². The highest BCUT2D eigenvalue weighted by atomic mass is 16.5. The SMILES string of the molecule is Cn1cc(-c2nc3c(N4CCOCC4)cc(N)nc3n2CC2CC2)cn1. The molecule has 1 aliphatic heterocycles. The number of hydrogen-bond acceptors (Lipinski definition) is 6. The molecule has 1 aliphatic carbocycles. The van der Waals surface area contributed by atoms with Crippen molar-refractivity contribution in [2.45, 2.75) is 19.4 Å². The zero-order chi connectivity index (χ0) is 17.7. The number of imidazole rings is 1. The molecule has 0 amide bonds. The van der Waals surface area contributed by atoms with Crippen LogP contribution >= 0.6 is 0 Å². The van der Waals surface area contributed by atoms with Crippen molar-refractivity contribution in [1.29, 1.82) is 0 Å². The molecule has 3 aromatic rings. The van der Waals surface area contributed by atoms with E-state index in [9.17, 15) is 0 Å². The number of aryl methyl sites for hydroxylation is 1. The molecule has 0 radical (unpaired) electrons. The van der Waals surface area contributed by atoms with Gasteiger partial charge in [-0.25, -0.2) is 9.97 Å². The van der Waals surface area contributed by atoms with Gasteiger partial charge in [0.05, 0.1) is 30.7 Å². The van der Waals surface area contributed by atoms with E-state index in [4.69, 9.17) is 15.5 Å². The number of hydrogen-bond donors (Lipinski definition) is 1. The van der Waals surface area contributed by atoms with E-state index in [1.54, 1.807) is 4.68 Å². The Balaban J connectivity index is 1.70. The number of pyridine rings is 1. The Morgan fingerprint density at radius 3 is 2.73 bits per heavy atom. The number of nitrogen functional groups attached to an aromatic ring is 1. The summed E-state index contributed by atoms with van der Waals surface area (Å²) in [7, 11) is 1.92. The predicted octanol–water partition coefficient (Wildman–Crippen LogP) is 1.66. The van der Waals surface area contributed by atoms with E-state index in [0.717, 1.165) is 61.1 Å². The minimum atomic E-state index is 0.536. The summed E-state index contributed by atoms with van der Waals surface area (Å²) in [4.78, 5) is 12.0. The Morgan fingerprint density at radius 2 is 2.04 bits per heavy atom. The van der Waals surface area contributed by atoms with Gasteiger partial charge in [-0.2, -0.15) is 5.10 Å². The molecule has 1 saturated heterocycles. The Bertz CT molecular complexity index is 950. The van der Waals surface area contributed by atoms with Gasteiger partial charge in [-0.3, -0.25) is 4.68 Å². The van der Waals surface area contributed by atoms with Gasteiger partial charge < -0.3 is 19.9 Å². The van der Waals surface area contributed by atoms with Gasteiger partial charge in [0.25, 0.3) is 0 Å². The Labute approximate surface area is 151 Å². The molecular formula is C18H23N7O. The summed E-state index contributed by atoms with van der Waals surface area (Å²) >= 11 is 0. The van der Waals surface area contributed by atoms with Crippen LogP contribution in [0, 0.1) is 5.92 Å². The molecule has 8 nitrogen and oxygen atoms in total. The molecule has 136 valence electrons. The summed E-state index contributed by atoms with van der Waals surface area (Å²) in [6.07, 6.45) is 6.40. The predicted molar refractivity (Wildman–Crippen MR) is 99.9 cm³/mol. The second-order valence-electron chi connectivity index (χ2n) is 7.23. The highest BCUT2D eigenvalue weighted by Crippen LogP contribution is 2.36.